The highest BCUT2D eigenvalue weighted by Crippen LogP contribution is 2.34. The average molecular weight is 255 g/mol. The molecule has 0 aliphatic carbocycles. The molecule has 0 aromatic rings. The normalized spacial score (nSPS) is 29.7. The molecule has 1 aliphatic rings. The summed E-state index contributed by atoms with van der Waals surface area (Å²) in [5, 5.41) is 0. The number of carbonyl (C=O) groups is 1. The maximum Gasteiger partial charge on any atom is 0.410 e. The second-order valence-corrected chi connectivity index (χ2v) is 6.20. The minimum atomic E-state index is -0.129. The monoisotopic (exact) mass is 255 g/mol. The molecule has 0 aromatic heterocycles. The molecule has 3 nitrogen and oxygen atoms in total. The van der Waals surface area contributed by atoms with E-state index >= 15 is 0 Å². The fourth-order valence-corrected chi connectivity index (χ4v) is 2.77. The Balaban J connectivity index is 2.72. The summed E-state index contributed by atoms with van der Waals surface area (Å²) in [6.45, 7) is 12.7. The van der Waals surface area contributed by atoms with Gasteiger partial charge in [-0.2, -0.15) is 0 Å². The Labute approximate surface area is 112 Å². The molecule has 1 heterocycles. The van der Waals surface area contributed by atoms with Crippen molar-refractivity contribution >= 4 is 6.09 Å². The van der Waals surface area contributed by atoms with Crippen LogP contribution in [0.2, 0.25) is 0 Å². The van der Waals surface area contributed by atoms with Gasteiger partial charge in [0, 0.05) is 12.1 Å². The summed E-state index contributed by atoms with van der Waals surface area (Å²) in [4.78, 5) is 14.2. The molecule has 1 saturated heterocycles. The second-order valence-electron chi connectivity index (χ2n) is 6.20. The van der Waals surface area contributed by atoms with Gasteiger partial charge in [-0.3, -0.25) is 0 Å². The topological polar surface area (TPSA) is 29.5 Å². The zero-order valence-electron chi connectivity index (χ0n) is 12.8. The largest absolute Gasteiger partial charge is 0.447 e. The molecule has 1 rings (SSSR count). The molecule has 1 fully saturated rings. The molecule has 0 spiro atoms. The van der Waals surface area contributed by atoms with Crippen molar-refractivity contribution in [2.75, 3.05) is 0 Å². The van der Waals surface area contributed by atoms with Gasteiger partial charge in [0.25, 0.3) is 0 Å². The van der Waals surface area contributed by atoms with E-state index in [1.165, 1.54) is 6.42 Å². The molecule has 0 radical (unpaired) electrons. The SMILES string of the molecule is CC[C@@H](C)CC1CC(C)[C@H](C)N1C(=O)OC(C)C. The first-order valence-electron chi connectivity index (χ1n) is 7.35. The molecule has 0 bridgehead atoms. The molecule has 1 aliphatic heterocycles. The molecule has 3 heteroatoms. The number of hydrogen-bond donors (Lipinski definition) is 0. The third kappa shape index (κ3) is 3.63. The predicted molar refractivity (Wildman–Crippen MR) is 74.6 cm³/mol. The van der Waals surface area contributed by atoms with Gasteiger partial charge in [0.2, 0.25) is 0 Å². The summed E-state index contributed by atoms with van der Waals surface area (Å²) in [5.41, 5.74) is 0. The van der Waals surface area contributed by atoms with Crippen LogP contribution < -0.4 is 0 Å². The van der Waals surface area contributed by atoms with Crippen LogP contribution in [0, 0.1) is 11.8 Å². The summed E-state index contributed by atoms with van der Waals surface area (Å²) in [6.07, 6.45) is 3.21. The first-order chi connectivity index (χ1) is 8.36. The average Bonchev–Trinajstić information content (AvgIpc) is 2.53. The number of hydrogen-bond acceptors (Lipinski definition) is 2. The van der Waals surface area contributed by atoms with E-state index in [0.29, 0.717) is 23.9 Å². The molecule has 1 amide bonds. The molecule has 106 valence electrons. The zero-order chi connectivity index (χ0) is 13.9. The van der Waals surface area contributed by atoms with Crippen LogP contribution in [0.3, 0.4) is 0 Å². The first-order valence-corrected chi connectivity index (χ1v) is 7.35. The van der Waals surface area contributed by atoms with Crippen LogP contribution in [0.1, 0.15) is 60.8 Å². The van der Waals surface area contributed by atoms with Crippen LogP contribution in [-0.4, -0.2) is 29.2 Å². The second kappa shape index (κ2) is 6.44. The predicted octanol–water partition coefficient (Wildman–Crippen LogP) is 4.07. The minimum Gasteiger partial charge on any atom is -0.447 e. The van der Waals surface area contributed by atoms with E-state index in [1.807, 2.05) is 18.7 Å². The Morgan fingerprint density at radius 3 is 2.44 bits per heavy atom. The summed E-state index contributed by atoms with van der Waals surface area (Å²) < 4.78 is 5.39. The lowest BCUT2D eigenvalue weighted by molar-refractivity contribution is 0.0584. The highest BCUT2D eigenvalue weighted by atomic mass is 16.6. The minimum absolute atomic E-state index is 0.0372. The lowest BCUT2D eigenvalue weighted by atomic mass is 9.95. The molecule has 2 unspecified atom stereocenters. The van der Waals surface area contributed by atoms with Crippen LogP contribution in [0.25, 0.3) is 0 Å². The summed E-state index contributed by atoms with van der Waals surface area (Å²) in [6, 6.07) is 0.654. The Morgan fingerprint density at radius 2 is 1.94 bits per heavy atom. The molecule has 0 saturated carbocycles. The van der Waals surface area contributed by atoms with Gasteiger partial charge in [-0.15, -0.1) is 0 Å². The molecular weight excluding hydrogens is 226 g/mol. The number of amides is 1. The van der Waals surface area contributed by atoms with E-state index in [9.17, 15) is 4.79 Å². The van der Waals surface area contributed by atoms with Gasteiger partial charge in [0.1, 0.15) is 0 Å². The lowest BCUT2D eigenvalue weighted by Crippen LogP contribution is -2.42. The summed E-state index contributed by atoms with van der Waals surface area (Å²) >= 11 is 0. The number of carbonyl (C=O) groups excluding carboxylic acids is 1. The third-order valence-corrected chi connectivity index (χ3v) is 4.22. The van der Waals surface area contributed by atoms with Gasteiger partial charge in [-0.25, -0.2) is 4.79 Å². The van der Waals surface area contributed by atoms with E-state index in [2.05, 4.69) is 27.7 Å². The van der Waals surface area contributed by atoms with Gasteiger partial charge in [-0.05, 0) is 45.4 Å². The molecule has 0 N–H and O–H groups in total. The number of ether oxygens (including phenoxy) is 1. The number of nitrogens with zero attached hydrogens (tertiary/aromatic N) is 1. The Bertz CT molecular complexity index is 278. The standard InChI is InChI=1S/C15H29NO2/c1-7-11(4)8-14-9-12(5)13(6)16(14)15(17)18-10(2)3/h10-14H,7-9H2,1-6H3/t11-,12?,13+,14?/m1/s1. The first kappa shape index (κ1) is 15.3. The molecule has 18 heavy (non-hydrogen) atoms. The zero-order valence-corrected chi connectivity index (χ0v) is 12.8. The highest BCUT2D eigenvalue weighted by molar-refractivity contribution is 5.69. The maximum absolute atomic E-state index is 12.2. The van der Waals surface area contributed by atoms with E-state index in [4.69, 9.17) is 4.74 Å². The smallest absolute Gasteiger partial charge is 0.410 e. The van der Waals surface area contributed by atoms with Crippen molar-refractivity contribution in [1.29, 1.82) is 0 Å². The van der Waals surface area contributed by atoms with Crippen molar-refractivity contribution in [1.82, 2.24) is 4.90 Å². The fraction of sp³-hybridized carbons (Fsp3) is 0.933. The summed E-state index contributed by atoms with van der Waals surface area (Å²) in [7, 11) is 0. The van der Waals surface area contributed by atoms with Crippen molar-refractivity contribution in [3.63, 3.8) is 0 Å². The Hall–Kier alpha value is -0.730. The van der Waals surface area contributed by atoms with E-state index in [-0.39, 0.29) is 12.2 Å². The Morgan fingerprint density at radius 1 is 1.33 bits per heavy atom. The van der Waals surface area contributed by atoms with Gasteiger partial charge in [0.15, 0.2) is 0 Å². The molecule has 4 atom stereocenters. The van der Waals surface area contributed by atoms with Crippen molar-refractivity contribution in [3.05, 3.63) is 0 Å². The van der Waals surface area contributed by atoms with E-state index in [1.54, 1.807) is 0 Å². The summed E-state index contributed by atoms with van der Waals surface area (Å²) in [5.74, 6) is 1.24. The fourth-order valence-electron chi connectivity index (χ4n) is 2.77. The quantitative estimate of drug-likeness (QED) is 0.758. The van der Waals surface area contributed by atoms with Crippen LogP contribution in [-0.2, 0) is 4.74 Å². The van der Waals surface area contributed by atoms with Crippen molar-refractivity contribution in [2.24, 2.45) is 11.8 Å². The van der Waals surface area contributed by atoms with Gasteiger partial charge < -0.3 is 9.64 Å². The number of likely N-dealkylation sites (tertiary alicyclic amines) is 1. The maximum atomic E-state index is 12.2. The van der Waals surface area contributed by atoms with E-state index in [0.717, 1.165) is 12.8 Å². The van der Waals surface area contributed by atoms with Gasteiger partial charge in [0.05, 0.1) is 6.10 Å². The van der Waals surface area contributed by atoms with Crippen molar-refractivity contribution in [2.45, 2.75) is 79.0 Å². The van der Waals surface area contributed by atoms with Crippen molar-refractivity contribution in [3.8, 4) is 0 Å². The van der Waals surface area contributed by atoms with Gasteiger partial charge in [-0.1, -0.05) is 27.2 Å². The third-order valence-electron chi connectivity index (χ3n) is 4.22. The molecule has 0 aromatic carbocycles. The number of rotatable bonds is 4. The highest BCUT2D eigenvalue weighted by Gasteiger charge is 2.40. The van der Waals surface area contributed by atoms with Crippen LogP contribution in [0.4, 0.5) is 4.79 Å². The molecular formula is C15H29NO2. The Kier molecular flexibility index (Phi) is 5.48. The van der Waals surface area contributed by atoms with Crippen LogP contribution >= 0.6 is 0 Å². The lowest BCUT2D eigenvalue weighted by Gasteiger charge is -2.30. The van der Waals surface area contributed by atoms with Gasteiger partial charge >= 0.3 is 6.09 Å². The van der Waals surface area contributed by atoms with Crippen LogP contribution in [0.5, 0.6) is 0 Å². The van der Waals surface area contributed by atoms with Crippen LogP contribution in [0.15, 0.2) is 0 Å². The van der Waals surface area contributed by atoms with E-state index < -0.39 is 0 Å². The van der Waals surface area contributed by atoms with Crippen molar-refractivity contribution < 1.29 is 9.53 Å².